The van der Waals surface area contributed by atoms with Crippen LogP contribution in [0.2, 0.25) is 0 Å². The quantitative estimate of drug-likeness (QED) is 0.776. The van der Waals surface area contributed by atoms with Gasteiger partial charge in [0.15, 0.2) is 0 Å². The van der Waals surface area contributed by atoms with E-state index in [0.717, 1.165) is 25.3 Å². The lowest BCUT2D eigenvalue weighted by molar-refractivity contribution is 0.446. The van der Waals surface area contributed by atoms with Gasteiger partial charge in [-0.05, 0) is 18.5 Å². The van der Waals surface area contributed by atoms with E-state index in [1.165, 1.54) is 5.56 Å². The topological polar surface area (TPSA) is 51.0 Å². The van der Waals surface area contributed by atoms with Crippen molar-refractivity contribution in [2.45, 2.75) is 39.2 Å². The van der Waals surface area contributed by atoms with Gasteiger partial charge in [0, 0.05) is 12.5 Å². The molecule has 0 aliphatic carbocycles. The Labute approximate surface area is 114 Å². The van der Waals surface area contributed by atoms with Crippen LogP contribution in [0.1, 0.15) is 37.6 Å². The van der Waals surface area contributed by atoms with Crippen LogP contribution in [0.15, 0.2) is 34.7 Å². The van der Waals surface area contributed by atoms with E-state index in [9.17, 15) is 0 Å². The third-order valence-electron chi connectivity index (χ3n) is 2.83. The highest BCUT2D eigenvalue weighted by molar-refractivity contribution is 5.17. The van der Waals surface area contributed by atoms with Gasteiger partial charge in [0.2, 0.25) is 11.8 Å². The predicted octanol–water partition coefficient (Wildman–Crippen LogP) is 2.59. The molecule has 2 aromatic rings. The average molecular weight is 259 g/mol. The third kappa shape index (κ3) is 4.83. The first-order chi connectivity index (χ1) is 9.24. The van der Waals surface area contributed by atoms with Crippen LogP contribution in [0.25, 0.3) is 0 Å². The lowest BCUT2D eigenvalue weighted by Gasteiger charge is -2.05. The van der Waals surface area contributed by atoms with Gasteiger partial charge < -0.3 is 9.73 Å². The van der Waals surface area contributed by atoms with E-state index < -0.39 is 0 Å². The van der Waals surface area contributed by atoms with Crippen LogP contribution < -0.4 is 5.32 Å². The molecule has 2 rings (SSSR count). The standard InChI is InChI=1S/C15H21N3O/c1-12(2)16-10-6-9-14-17-18-15(19-14)11-13-7-4-3-5-8-13/h3-5,7-8,12,16H,6,9-11H2,1-2H3. The van der Waals surface area contributed by atoms with Crippen molar-refractivity contribution in [1.29, 1.82) is 0 Å². The summed E-state index contributed by atoms with van der Waals surface area (Å²) >= 11 is 0. The van der Waals surface area contributed by atoms with E-state index in [2.05, 4.69) is 41.5 Å². The summed E-state index contributed by atoms with van der Waals surface area (Å²) in [5.74, 6) is 1.43. The van der Waals surface area contributed by atoms with Gasteiger partial charge in [0.05, 0.1) is 6.42 Å². The van der Waals surface area contributed by atoms with Crippen molar-refractivity contribution >= 4 is 0 Å². The number of nitrogens with zero attached hydrogens (tertiary/aromatic N) is 2. The number of hydrogen-bond donors (Lipinski definition) is 1. The molecule has 0 atom stereocenters. The third-order valence-corrected chi connectivity index (χ3v) is 2.83. The molecule has 0 fully saturated rings. The molecule has 1 heterocycles. The number of rotatable bonds is 7. The molecule has 0 spiro atoms. The number of benzene rings is 1. The number of nitrogens with one attached hydrogen (secondary N) is 1. The van der Waals surface area contributed by atoms with Crippen molar-refractivity contribution in [2.24, 2.45) is 0 Å². The molecule has 0 unspecified atom stereocenters. The first-order valence-corrected chi connectivity index (χ1v) is 6.82. The molecular formula is C15H21N3O. The minimum absolute atomic E-state index is 0.524. The minimum atomic E-state index is 0.524. The van der Waals surface area contributed by atoms with Crippen LogP contribution >= 0.6 is 0 Å². The molecular weight excluding hydrogens is 238 g/mol. The van der Waals surface area contributed by atoms with Crippen LogP contribution in [-0.2, 0) is 12.8 Å². The van der Waals surface area contributed by atoms with Crippen LogP contribution in [0.4, 0.5) is 0 Å². The Balaban J connectivity index is 1.79. The van der Waals surface area contributed by atoms with Crippen molar-refractivity contribution in [3.8, 4) is 0 Å². The zero-order valence-corrected chi connectivity index (χ0v) is 11.6. The normalized spacial score (nSPS) is 11.1. The lowest BCUT2D eigenvalue weighted by atomic mass is 10.2. The summed E-state index contributed by atoms with van der Waals surface area (Å²) in [5.41, 5.74) is 1.19. The summed E-state index contributed by atoms with van der Waals surface area (Å²) in [5, 5.41) is 11.5. The molecule has 1 aromatic carbocycles. The summed E-state index contributed by atoms with van der Waals surface area (Å²) in [6.45, 7) is 5.27. The zero-order chi connectivity index (χ0) is 13.5. The summed E-state index contributed by atoms with van der Waals surface area (Å²) in [4.78, 5) is 0. The molecule has 4 nitrogen and oxygen atoms in total. The van der Waals surface area contributed by atoms with Gasteiger partial charge in [-0.2, -0.15) is 0 Å². The highest BCUT2D eigenvalue weighted by atomic mass is 16.4. The Morgan fingerprint density at radius 3 is 2.58 bits per heavy atom. The van der Waals surface area contributed by atoms with Crippen molar-refractivity contribution in [3.05, 3.63) is 47.7 Å². The van der Waals surface area contributed by atoms with E-state index in [-0.39, 0.29) is 0 Å². The monoisotopic (exact) mass is 259 g/mol. The summed E-state index contributed by atoms with van der Waals surface area (Å²) in [6.07, 6.45) is 2.56. The van der Waals surface area contributed by atoms with Gasteiger partial charge in [-0.15, -0.1) is 10.2 Å². The summed E-state index contributed by atoms with van der Waals surface area (Å²) in [7, 11) is 0. The van der Waals surface area contributed by atoms with Crippen molar-refractivity contribution in [3.63, 3.8) is 0 Å². The number of aryl methyl sites for hydroxylation is 1. The van der Waals surface area contributed by atoms with E-state index in [1.807, 2.05) is 18.2 Å². The second-order valence-electron chi connectivity index (χ2n) is 4.96. The first-order valence-electron chi connectivity index (χ1n) is 6.82. The van der Waals surface area contributed by atoms with Crippen molar-refractivity contribution < 1.29 is 4.42 Å². The SMILES string of the molecule is CC(C)NCCCc1nnc(Cc2ccccc2)o1. The molecule has 0 aliphatic rings. The van der Waals surface area contributed by atoms with Crippen LogP contribution in [0.5, 0.6) is 0 Å². The molecule has 1 aromatic heterocycles. The smallest absolute Gasteiger partial charge is 0.220 e. The van der Waals surface area contributed by atoms with E-state index in [1.54, 1.807) is 0 Å². The number of aromatic nitrogens is 2. The Morgan fingerprint density at radius 1 is 1.11 bits per heavy atom. The first kappa shape index (κ1) is 13.7. The summed E-state index contributed by atoms with van der Waals surface area (Å²) in [6, 6.07) is 10.7. The maximum Gasteiger partial charge on any atom is 0.220 e. The Hall–Kier alpha value is -1.68. The molecule has 19 heavy (non-hydrogen) atoms. The Morgan fingerprint density at radius 2 is 1.84 bits per heavy atom. The van der Waals surface area contributed by atoms with Crippen LogP contribution in [-0.4, -0.2) is 22.8 Å². The maximum absolute atomic E-state index is 5.64. The highest BCUT2D eigenvalue weighted by Gasteiger charge is 2.06. The fraction of sp³-hybridized carbons (Fsp3) is 0.467. The minimum Gasteiger partial charge on any atom is -0.425 e. The Bertz CT molecular complexity index is 479. The van der Waals surface area contributed by atoms with Crippen LogP contribution in [0, 0.1) is 0 Å². The second-order valence-corrected chi connectivity index (χ2v) is 4.96. The van der Waals surface area contributed by atoms with Crippen molar-refractivity contribution in [1.82, 2.24) is 15.5 Å². The van der Waals surface area contributed by atoms with E-state index in [0.29, 0.717) is 18.4 Å². The molecule has 4 heteroatoms. The molecule has 0 saturated heterocycles. The van der Waals surface area contributed by atoms with E-state index >= 15 is 0 Å². The zero-order valence-electron chi connectivity index (χ0n) is 11.6. The van der Waals surface area contributed by atoms with Gasteiger partial charge in [-0.1, -0.05) is 44.2 Å². The molecule has 102 valence electrons. The van der Waals surface area contributed by atoms with Gasteiger partial charge >= 0.3 is 0 Å². The highest BCUT2D eigenvalue weighted by Crippen LogP contribution is 2.09. The maximum atomic E-state index is 5.64. The predicted molar refractivity (Wildman–Crippen MR) is 75.0 cm³/mol. The molecule has 0 aliphatic heterocycles. The second kappa shape index (κ2) is 7.04. The molecule has 1 N–H and O–H groups in total. The van der Waals surface area contributed by atoms with Gasteiger partial charge in [0.25, 0.3) is 0 Å². The largest absolute Gasteiger partial charge is 0.425 e. The number of hydrogen-bond acceptors (Lipinski definition) is 4. The Kier molecular flexibility index (Phi) is 5.10. The molecule has 0 bridgehead atoms. The fourth-order valence-corrected chi connectivity index (χ4v) is 1.86. The molecule has 0 radical (unpaired) electrons. The van der Waals surface area contributed by atoms with Crippen molar-refractivity contribution in [2.75, 3.05) is 6.54 Å². The van der Waals surface area contributed by atoms with Gasteiger partial charge in [-0.3, -0.25) is 0 Å². The van der Waals surface area contributed by atoms with Gasteiger partial charge in [0.1, 0.15) is 0 Å². The van der Waals surface area contributed by atoms with Crippen LogP contribution in [0.3, 0.4) is 0 Å². The van der Waals surface area contributed by atoms with E-state index in [4.69, 9.17) is 4.42 Å². The lowest BCUT2D eigenvalue weighted by Crippen LogP contribution is -2.23. The fourth-order valence-electron chi connectivity index (χ4n) is 1.86. The summed E-state index contributed by atoms with van der Waals surface area (Å²) < 4.78 is 5.64. The molecule has 0 saturated carbocycles. The van der Waals surface area contributed by atoms with Gasteiger partial charge in [-0.25, -0.2) is 0 Å². The average Bonchev–Trinajstić information content (AvgIpc) is 2.83. The molecule has 0 amide bonds.